The lowest BCUT2D eigenvalue weighted by molar-refractivity contribution is -0.131. The van der Waals surface area contributed by atoms with E-state index in [4.69, 9.17) is 5.11 Å². The van der Waals surface area contributed by atoms with Crippen molar-refractivity contribution in [2.24, 2.45) is 0 Å². The van der Waals surface area contributed by atoms with E-state index in [0.717, 1.165) is 52.3 Å². The van der Waals surface area contributed by atoms with Gasteiger partial charge in [0.25, 0.3) is 5.91 Å². The van der Waals surface area contributed by atoms with E-state index in [0.29, 0.717) is 12.1 Å². The summed E-state index contributed by atoms with van der Waals surface area (Å²) in [4.78, 5) is 42.0. The lowest BCUT2D eigenvalue weighted by Gasteiger charge is -2.11. The second kappa shape index (κ2) is 8.66. The van der Waals surface area contributed by atoms with Crippen LogP contribution in [-0.2, 0) is 22.6 Å². The minimum absolute atomic E-state index is 0.0639. The summed E-state index contributed by atoms with van der Waals surface area (Å²) in [5, 5.41) is 14.1. The Hall–Kier alpha value is -4.20. The van der Waals surface area contributed by atoms with Crippen LogP contribution >= 0.6 is 0 Å². The Bertz CT molecular complexity index is 1200. The summed E-state index contributed by atoms with van der Waals surface area (Å²) in [6.07, 6.45) is 4.26. The predicted molar refractivity (Wildman–Crippen MR) is 114 cm³/mol. The maximum absolute atomic E-state index is 12.0. The second-order valence-corrected chi connectivity index (χ2v) is 7.10. The highest BCUT2D eigenvalue weighted by atomic mass is 16.4. The number of aromatic nitrogens is 2. The number of amides is 2. The molecule has 3 aromatic rings. The van der Waals surface area contributed by atoms with Gasteiger partial charge in [-0.15, -0.1) is 0 Å². The van der Waals surface area contributed by atoms with Gasteiger partial charge in [-0.1, -0.05) is 18.2 Å². The van der Waals surface area contributed by atoms with Gasteiger partial charge in [0.15, 0.2) is 0 Å². The molecule has 4 rings (SSSR count). The van der Waals surface area contributed by atoms with Crippen LogP contribution in [0.1, 0.15) is 21.6 Å². The first-order valence-electron chi connectivity index (χ1n) is 9.74. The third kappa shape index (κ3) is 4.69. The molecule has 0 saturated carbocycles. The van der Waals surface area contributed by atoms with Crippen molar-refractivity contribution < 1.29 is 19.5 Å². The average molecular weight is 416 g/mol. The minimum Gasteiger partial charge on any atom is -0.478 e. The summed E-state index contributed by atoms with van der Waals surface area (Å²) < 4.78 is 0. The number of H-pyrrole nitrogens is 1. The molecule has 0 radical (unpaired) electrons. The molecule has 0 bridgehead atoms. The van der Waals surface area contributed by atoms with Crippen LogP contribution in [0, 0.1) is 0 Å². The van der Waals surface area contributed by atoms with Crippen molar-refractivity contribution in [3.05, 3.63) is 77.6 Å². The van der Waals surface area contributed by atoms with E-state index in [1.807, 2.05) is 42.5 Å². The molecular weight excluding hydrogens is 396 g/mol. The molecule has 8 nitrogen and oxygen atoms in total. The van der Waals surface area contributed by atoms with E-state index in [9.17, 15) is 14.4 Å². The SMILES string of the molecule is O=C(O)C=CC(=O)NCc1cccc(-c2cc(-c3cc4c([nH]3)CCNC4=O)ccn2)c1. The van der Waals surface area contributed by atoms with Crippen molar-refractivity contribution in [1.82, 2.24) is 20.6 Å². The average Bonchev–Trinajstić information content (AvgIpc) is 3.22. The van der Waals surface area contributed by atoms with Crippen molar-refractivity contribution in [2.45, 2.75) is 13.0 Å². The zero-order chi connectivity index (χ0) is 21.8. The number of hydrogen-bond acceptors (Lipinski definition) is 4. The molecule has 0 saturated heterocycles. The third-order valence-corrected chi connectivity index (χ3v) is 4.94. The van der Waals surface area contributed by atoms with Gasteiger partial charge in [-0.25, -0.2) is 4.79 Å². The van der Waals surface area contributed by atoms with Gasteiger partial charge >= 0.3 is 5.97 Å². The summed E-state index contributed by atoms with van der Waals surface area (Å²) >= 11 is 0. The van der Waals surface area contributed by atoms with Gasteiger partial charge < -0.3 is 20.7 Å². The van der Waals surface area contributed by atoms with Crippen LogP contribution in [0.2, 0.25) is 0 Å². The molecule has 2 amide bonds. The molecular formula is C23H20N4O4. The highest BCUT2D eigenvalue weighted by Crippen LogP contribution is 2.27. The van der Waals surface area contributed by atoms with Crippen LogP contribution < -0.4 is 10.6 Å². The van der Waals surface area contributed by atoms with Crippen molar-refractivity contribution in [2.75, 3.05) is 6.54 Å². The Morgan fingerprint density at radius 2 is 2.00 bits per heavy atom. The minimum atomic E-state index is -1.17. The first kappa shape index (κ1) is 20.1. The fraction of sp³-hybridized carbons (Fsp3) is 0.130. The van der Waals surface area contributed by atoms with E-state index >= 15 is 0 Å². The Labute approximate surface area is 178 Å². The van der Waals surface area contributed by atoms with Gasteiger partial charge in [-0.05, 0) is 29.8 Å². The van der Waals surface area contributed by atoms with Crippen molar-refractivity contribution in [1.29, 1.82) is 0 Å². The van der Waals surface area contributed by atoms with Gasteiger partial charge in [0, 0.05) is 60.4 Å². The van der Waals surface area contributed by atoms with Crippen LogP contribution in [0.5, 0.6) is 0 Å². The van der Waals surface area contributed by atoms with Gasteiger partial charge in [-0.2, -0.15) is 0 Å². The third-order valence-electron chi connectivity index (χ3n) is 4.94. The first-order chi connectivity index (χ1) is 15.0. The summed E-state index contributed by atoms with van der Waals surface area (Å²) in [5.74, 6) is -1.72. The largest absolute Gasteiger partial charge is 0.478 e. The molecule has 1 aliphatic rings. The molecule has 3 heterocycles. The number of aromatic amines is 1. The quantitative estimate of drug-likeness (QED) is 0.459. The van der Waals surface area contributed by atoms with Crippen LogP contribution in [0.25, 0.3) is 22.5 Å². The van der Waals surface area contributed by atoms with E-state index in [2.05, 4.69) is 20.6 Å². The standard InChI is InChI=1S/C23H20N4O4/c28-21(4-5-22(29)30)26-13-14-2-1-3-15(10-14)19-11-16(6-8-24-19)20-12-17-18(27-20)7-9-25-23(17)31/h1-6,8,10-12,27H,7,9,13H2,(H,25,31)(H,26,28)(H,29,30). The lowest BCUT2D eigenvalue weighted by Crippen LogP contribution is -2.31. The number of hydrogen-bond donors (Lipinski definition) is 4. The van der Waals surface area contributed by atoms with Gasteiger partial charge in [0.1, 0.15) is 0 Å². The van der Waals surface area contributed by atoms with Gasteiger partial charge in [-0.3, -0.25) is 14.6 Å². The molecule has 2 aromatic heterocycles. The van der Waals surface area contributed by atoms with E-state index in [1.54, 1.807) is 6.20 Å². The maximum atomic E-state index is 12.0. The number of carboxylic acids is 1. The van der Waals surface area contributed by atoms with Gasteiger partial charge in [0.05, 0.1) is 11.3 Å². The number of carboxylic acid groups (broad SMARTS) is 1. The zero-order valence-corrected chi connectivity index (χ0v) is 16.5. The summed E-state index contributed by atoms with van der Waals surface area (Å²) in [7, 11) is 0. The first-order valence-corrected chi connectivity index (χ1v) is 9.74. The van der Waals surface area contributed by atoms with Crippen LogP contribution in [-0.4, -0.2) is 39.4 Å². The molecule has 1 aliphatic heterocycles. The number of rotatable bonds is 6. The molecule has 0 aliphatic carbocycles. The van der Waals surface area contributed by atoms with Crippen molar-refractivity contribution in [3.63, 3.8) is 0 Å². The number of nitrogens with one attached hydrogen (secondary N) is 3. The highest BCUT2D eigenvalue weighted by molar-refractivity contribution is 5.98. The molecule has 0 atom stereocenters. The normalized spacial score (nSPS) is 13.0. The Kier molecular flexibility index (Phi) is 5.61. The zero-order valence-electron chi connectivity index (χ0n) is 16.5. The summed E-state index contributed by atoms with van der Waals surface area (Å²) in [6, 6.07) is 13.3. The van der Waals surface area contributed by atoms with Crippen molar-refractivity contribution >= 4 is 17.8 Å². The fourth-order valence-corrected chi connectivity index (χ4v) is 3.44. The lowest BCUT2D eigenvalue weighted by atomic mass is 10.0. The number of carbonyl (C=O) groups excluding carboxylic acids is 2. The number of aliphatic carboxylic acids is 1. The van der Waals surface area contributed by atoms with Crippen LogP contribution in [0.3, 0.4) is 0 Å². The number of benzene rings is 1. The predicted octanol–water partition coefficient (Wildman–Crippen LogP) is 2.29. The van der Waals surface area contributed by atoms with E-state index in [-0.39, 0.29) is 12.5 Å². The monoisotopic (exact) mass is 416 g/mol. The topological polar surface area (TPSA) is 124 Å². The van der Waals surface area contributed by atoms with Gasteiger partial charge in [0.2, 0.25) is 5.91 Å². The molecule has 156 valence electrons. The maximum Gasteiger partial charge on any atom is 0.328 e. The molecule has 0 fully saturated rings. The summed E-state index contributed by atoms with van der Waals surface area (Å²) in [6.45, 7) is 0.887. The Balaban J connectivity index is 1.53. The molecule has 1 aromatic carbocycles. The Morgan fingerprint density at radius 1 is 1.13 bits per heavy atom. The molecule has 0 unspecified atom stereocenters. The Morgan fingerprint density at radius 3 is 2.81 bits per heavy atom. The number of fused-ring (bicyclic) bond motifs is 1. The second-order valence-electron chi connectivity index (χ2n) is 7.10. The van der Waals surface area contributed by atoms with Crippen molar-refractivity contribution in [3.8, 4) is 22.5 Å². The number of nitrogens with zero attached hydrogens (tertiary/aromatic N) is 1. The van der Waals surface area contributed by atoms with E-state index in [1.165, 1.54) is 0 Å². The number of carbonyl (C=O) groups is 3. The van der Waals surface area contributed by atoms with E-state index < -0.39 is 11.9 Å². The smallest absolute Gasteiger partial charge is 0.328 e. The number of pyridine rings is 1. The van der Waals surface area contributed by atoms with Crippen LogP contribution in [0.15, 0.2) is 60.8 Å². The molecule has 4 N–H and O–H groups in total. The molecule has 31 heavy (non-hydrogen) atoms. The highest BCUT2D eigenvalue weighted by Gasteiger charge is 2.20. The fourth-order valence-electron chi connectivity index (χ4n) is 3.44. The molecule has 8 heteroatoms. The van der Waals surface area contributed by atoms with Crippen LogP contribution in [0.4, 0.5) is 0 Å². The summed E-state index contributed by atoms with van der Waals surface area (Å²) in [5.41, 5.74) is 5.89. The molecule has 0 spiro atoms.